The van der Waals surface area contributed by atoms with Crippen LogP contribution >= 0.6 is 0 Å². The highest BCUT2D eigenvalue weighted by atomic mass is 32.3. The van der Waals surface area contributed by atoms with Crippen molar-refractivity contribution in [3.63, 3.8) is 0 Å². The van der Waals surface area contributed by atoms with Gasteiger partial charge in [0.15, 0.2) is 25.2 Å². The van der Waals surface area contributed by atoms with E-state index in [0.29, 0.717) is 5.75 Å². The molecule has 0 spiro atoms. The van der Waals surface area contributed by atoms with Crippen molar-refractivity contribution in [3.8, 4) is 11.5 Å². The highest BCUT2D eigenvalue weighted by Crippen LogP contribution is 2.39. The van der Waals surface area contributed by atoms with Crippen LogP contribution in [-0.2, 0) is 71.8 Å². The molecule has 5 aliphatic rings. The first-order chi connectivity index (χ1) is 36.1. The molecular weight excluding hydrogens is 1100 g/mol. The second-order valence-electron chi connectivity index (χ2n) is 18.1. The van der Waals surface area contributed by atoms with Gasteiger partial charge < -0.3 is 118 Å². The molecule has 34 nitrogen and oxygen atoms in total. The Morgan fingerprint density at radius 1 is 0.506 bits per heavy atom. The zero-order valence-corrected chi connectivity index (χ0v) is 42.5. The Morgan fingerprint density at radius 2 is 0.935 bits per heavy atom. The molecule has 36 heteroatoms. The number of aliphatic hydroxyl groups excluding tert-OH is 11. The van der Waals surface area contributed by atoms with Crippen LogP contribution in [0.4, 0.5) is 0 Å². The van der Waals surface area contributed by atoms with E-state index in [9.17, 15) is 92.3 Å². The van der Waals surface area contributed by atoms with E-state index in [-0.39, 0.29) is 5.75 Å². The normalized spacial score (nSPS) is 42.7. The van der Waals surface area contributed by atoms with E-state index in [2.05, 4.69) is 18.4 Å². The van der Waals surface area contributed by atoms with Gasteiger partial charge in [-0.15, -0.1) is 0 Å². The molecule has 1 aromatic carbocycles. The minimum Gasteiger partial charge on any atom is -0.862 e. The SMILES string of the molecule is COc1ccc(O[C@@H]2O[C@H](COS(=O)(=O)O)[C@@H](O[C@@H]3O[C@H](CO)[C@H](O)[C@H](O[C@@H]4O[C@H](COS(=O)(=O)O)[C@@H](O[C@@H]5O[C@H](CO)[C@H](O)[C@H](O)[C@H]5O)[C@H](O)[C@H]4N=C(C)[O-])[C@H]3O)[C@H](O[C@@H]3O[C@@H](C)[C@@H](O)[C@@H](O)[C@@H]3O)[C@H]2N=C(C)[O-])cc1. The van der Waals surface area contributed by atoms with Crippen molar-refractivity contribution in [2.45, 2.75) is 174 Å². The summed E-state index contributed by atoms with van der Waals surface area (Å²) in [5, 5.41) is 145. The van der Waals surface area contributed by atoms with Crippen molar-refractivity contribution in [1.82, 2.24) is 0 Å². The summed E-state index contributed by atoms with van der Waals surface area (Å²) in [5.41, 5.74) is 0. The molecule has 6 rings (SSSR count). The molecule has 0 aromatic heterocycles. The first kappa shape index (κ1) is 62.9. The Labute approximate surface area is 437 Å². The van der Waals surface area contributed by atoms with Gasteiger partial charge >= 0.3 is 20.8 Å². The second-order valence-corrected chi connectivity index (χ2v) is 20.2. The molecule has 0 saturated carbocycles. The zero-order chi connectivity index (χ0) is 57.0. The van der Waals surface area contributed by atoms with E-state index in [1.54, 1.807) is 0 Å². The molecule has 5 saturated heterocycles. The molecular formula is C41H62N2O32S2-2. The smallest absolute Gasteiger partial charge is 0.397 e. The summed E-state index contributed by atoms with van der Waals surface area (Å²) in [5.74, 6) is -1.69. The average molecular weight is 1160 g/mol. The summed E-state index contributed by atoms with van der Waals surface area (Å²) in [7, 11) is -9.36. The number of benzene rings is 1. The molecule has 13 N–H and O–H groups in total. The van der Waals surface area contributed by atoms with Crippen LogP contribution in [0.15, 0.2) is 34.3 Å². The Hall–Kier alpha value is -3.30. The summed E-state index contributed by atoms with van der Waals surface area (Å²) < 4.78 is 140. The lowest BCUT2D eigenvalue weighted by atomic mass is 9.94. The number of aliphatic hydroxyl groups is 11. The minimum absolute atomic E-state index is 0.0116. The maximum atomic E-state index is 12.9. The molecule has 0 bridgehead atoms. The van der Waals surface area contributed by atoms with E-state index >= 15 is 0 Å². The highest BCUT2D eigenvalue weighted by molar-refractivity contribution is 7.81. The van der Waals surface area contributed by atoms with E-state index in [4.69, 9.17) is 52.1 Å². The summed E-state index contributed by atoms with van der Waals surface area (Å²) in [6.45, 7) is -1.55. The van der Waals surface area contributed by atoms with Crippen molar-refractivity contribution >= 4 is 32.6 Å². The number of hydrogen-bond donors (Lipinski definition) is 13. The second kappa shape index (κ2) is 26.5. The fraction of sp³-hybridized carbons (Fsp3) is 0.805. The Bertz CT molecular complexity index is 2330. The Kier molecular flexibility index (Phi) is 21.7. The number of methoxy groups -OCH3 is 1. The topological polar surface area (TPSA) is 522 Å². The first-order valence-corrected chi connectivity index (χ1v) is 26.0. The number of hydrogen-bond acceptors (Lipinski definition) is 32. The summed E-state index contributed by atoms with van der Waals surface area (Å²) in [4.78, 5) is 7.83. The van der Waals surface area contributed by atoms with Gasteiger partial charge in [0.05, 0.1) is 39.6 Å². The number of ether oxygens (including phenoxy) is 11. The molecule has 0 amide bonds. The van der Waals surface area contributed by atoms with Crippen molar-refractivity contribution in [2.24, 2.45) is 9.98 Å². The summed E-state index contributed by atoms with van der Waals surface area (Å²) >= 11 is 0. The molecule has 25 atom stereocenters. The van der Waals surface area contributed by atoms with Gasteiger partial charge in [-0.2, -0.15) is 16.8 Å². The average Bonchev–Trinajstić information content (AvgIpc) is 3.36. The minimum atomic E-state index is -5.37. The number of rotatable bonds is 21. The van der Waals surface area contributed by atoms with Gasteiger partial charge in [-0.05, 0) is 56.8 Å². The monoisotopic (exact) mass is 1160 g/mol. The molecule has 1 aromatic rings. The molecule has 5 fully saturated rings. The maximum absolute atomic E-state index is 12.9. The lowest BCUT2D eigenvalue weighted by Gasteiger charge is -2.50. The lowest BCUT2D eigenvalue weighted by Crippen LogP contribution is -2.68. The quantitative estimate of drug-likeness (QED) is 0.0309. The van der Waals surface area contributed by atoms with Crippen LogP contribution < -0.4 is 19.7 Å². The van der Waals surface area contributed by atoms with Crippen LogP contribution in [0.5, 0.6) is 11.5 Å². The Morgan fingerprint density at radius 3 is 1.47 bits per heavy atom. The van der Waals surface area contributed by atoms with Crippen LogP contribution in [0.25, 0.3) is 0 Å². The van der Waals surface area contributed by atoms with Crippen LogP contribution in [0.1, 0.15) is 20.8 Å². The van der Waals surface area contributed by atoms with Gasteiger partial charge in [0.25, 0.3) is 0 Å². The van der Waals surface area contributed by atoms with Crippen molar-refractivity contribution in [2.75, 3.05) is 33.5 Å². The van der Waals surface area contributed by atoms with Crippen LogP contribution in [0, 0.1) is 0 Å². The van der Waals surface area contributed by atoms with Gasteiger partial charge in [-0.25, -0.2) is 8.37 Å². The third-order valence-corrected chi connectivity index (χ3v) is 13.5. The largest absolute Gasteiger partial charge is 0.862 e. The molecule has 5 heterocycles. The fourth-order valence-corrected chi connectivity index (χ4v) is 9.42. The predicted octanol–water partition coefficient (Wildman–Crippen LogP) is -9.57. The van der Waals surface area contributed by atoms with Gasteiger partial charge in [0, 0.05) is 0 Å². The van der Waals surface area contributed by atoms with Gasteiger partial charge in [0.1, 0.15) is 127 Å². The van der Waals surface area contributed by atoms with E-state index in [1.807, 2.05) is 0 Å². The Balaban J connectivity index is 1.39. The first-order valence-electron chi connectivity index (χ1n) is 23.3. The molecule has 5 aliphatic heterocycles. The fourth-order valence-electron chi connectivity index (χ4n) is 8.80. The molecule has 77 heavy (non-hydrogen) atoms. The van der Waals surface area contributed by atoms with Gasteiger partial charge in [0.2, 0.25) is 6.29 Å². The van der Waals surface area contributed by atoms with Crippen LogP contribution in [0.2, 0.25) is 0 Å². The van der Waals surface area contributed by atoms with E-state index < -0.39 is 212 Å². The van der Waals surface area contributed by atoms with Gasteiger partial charge in [-0.3, -0.25) is 19.1 Å². The lowest BCUT2D eigenvalue weighted by molar-refractivity contribution is -0.383. The number of nitrogens with zero attached hydrogens (tertiary/aromatic N) is 2. The molecule has 0 radical (unpaired) electrons. The van der Waals surface area contributed by atoms with Gasteiger partial charge in [-0.1, -0.05) is 0 Å². The van der Waals surface area contributed by atoms with E-state index in [0.717, 1.165) is 13.8 Å². The van der Waals surface area contributed by atoms with Crippen molar-refractivity contribution < 1.29 is 153 Å². The van der Waals surface area contributed by atoms with E-state index in [1.165, 1.54) is 38.3 Å². The third kappa shape index (κ3) is 15.6. The maximum Gasteiger partial charge on any atom is 0.397 e. The van der Waals surface area contributed by atoms with Crippen LogP contribution in [-0.4, -0.2) is 281 Å². The zero-order valence-electron chi connectivity index (χ0n) is 40.9. The molecule has 442 valence electrons. The standard InChI is InChI=1S/C41H64N2O32S2/c1-13-24(48)28(52)30(54)39(66-13)74-35-23(43-15(3)47)38(67-17-7-5-16(63-4)6-8-17)71-21(12-65-77(60,61)62)34(35)73-41-32(56)36(26(50)19(10-45)69-41)75-37-22(42-14(2)46)27(51)33(20(70-37)11-64-76(57,58)59)72-40-31(55)29(53)25(49)18(9-44)68-40/h5-8,13,18-41,44-45,48-56H,9-12H2,1-4H3,(H,42,46)(H,43,47)(H,57,58,59)(H,60,61,62)/p-2/t13-,18+,19+,20+,21+,22+,23+,24+,25-,26-,27+,28+,29-,30-,31+,32+,33+,34+,35+,36-,37-,38+,39-,40-,41-/m0/s1. The predicted molar refractivity (Wildman–Crippen MR) is 239 cm³/mol. The summed E-state index contributed by atoms with van der Waals surface area (Å²) in [6, 6.07) is 1.74. The van der Waals surface area contributed by atoms with Crippen molar-refractivity contribution in [3.05, 3.63) is 24.3 Å². The van der Waals surface area contributed by atoms with Crippen LogP contribution in [0.3, 0.4) is 0 Å². The summed E-state index contributed by atoms with van der Waals surface area (Å²) in [6.07, 6.45) is -46.5. The molecule has 0 aliphatic carbocycles. The highest BCUT2D eigenvalue weighted by Gasteiger charge is 2.58. The third-order valence-electron chi connectivity index (χ3n) is 12.6. The number of aliphatic imine (C=N–C) groups is 2. The van der Waals surface area contributed by atoms with Crippen molar-refractivity contribution in [1.29, 1.82) is 0 Å². The molecule has 0 unspecified atom stereocenters.